The fourth-order valence-corrected chi connectivity index (χ4v) is 2.77. The molecule has 118 valence electrons. The summed E-state index contributed by atoms with van der Waals surface area (Å²) >= 11 is 0. The van der Waals surface area contributed by atoms with Crippen LogP contribution in [0.25, 0.3) is 0 Å². The first kappa shape index (κ1) is 16.0. The van der Waals surface area contributed by atoms with Crippen LogP contribution in [-0.4, -0.2) is 31.9 Å². The maximum absolute atomic E-state index is 12.2. The maximum Gasteiger partial charge on any atom is 0.336 e. The zero-order chi connectivity index (χ0) is 16.4. The Morgan fingerprint density at radius 2 is 1.82 bits per heavy atom. The lowest BCUT2D eigenvalue weighted by Gasteiger charge is -2.29. The molecule has 0 spiro atoms. The van der Waals surface area contributed by atoms with Gasteiger partial charge in [-0.3, -0.25) is 9.79 Å². The molecule has 1 aliphatic heterocycles. The molecule has 0 N–H and O–H groups in total. The van der Waals surface area contributed by atoms with Crippen LogP contribution >= 0.6 is 0 Å². The van der Waals surface area contributed by atoms with E-state index in [4.69, 9.17) is 13.9 Å². The number of hydrogen-bond acceptors (Lipinski definition) is 6. The molecule has 2 atom stereocenters. The van der Waals surface area contributed by atoms with Crippen molar-refractivity contribution in [2.75, 3.05) is 14.2 Å². The molecule has 22 heavy (non-hydrogen) atoms. The quantitative estimate of drug-likeness (QED) is 0.801. The summed E-state index contributed by atoms with van der Waals surface area (Å²) in [6, 6.07) is 3.54. The fraction of sp³-hybridized carbons (Fsp3) is 0.438. The van der Waals surface area contributed by atoms with E-state index in [-0.39, 0.29) is 0 Å². The minimum atomic E-state index is -0.714. The summed E-state index contributed by atoms with van der Waals surface area (Å²) < 4.78 is 15.4. The van der Waals surface area contributed by atoms with Crippen molar-refractivity contribution in [3.8, 4) is 0 Å². The van der Waals surface area contributed by atoms with Gasteiger partial charge in [-0.15, -0.1) is 0 Å². The Kier molecular flexibility index (Phi) is 4.49. The molecular formula is C16H19NO5. The van der Waals surface area contributed by atoms with Crippen molar-refractivity contribution in [2.24, 2.45) is 10.9 Å². The number of allylic oxidation sites excluding steroid dienone is 1. The number of hydrogen-bond donors (Lipinski definition) is 0. The Morgan fingerprint density at radius 3 is 2.32 bits per heavy atom. The molecule has 0 aromatic carbocycles. The number of aliphatic imine (C=N–C) groups is 1. The summed E-state index contributed by atoms with van der Waals surface area (Å²) in [5.41, 5.74) is 1.41. The number of aryl methyl sites for hydroxylation is 1. The van der Waals surface area contributed by atoms with Crippen LogP contribution < -0.4 is 0 Å². The Balaban J connectivity index is 2.63. The molecule has 1 aliphatic rings. The van der Waals surface area contributed by atoms with Gasteiger partial charge in [-0.1, -0.05) is 0 Å². The molecule has 0 amide bonds. The Bertz CT molecular complexity index is 668. The second-order valence-electron chi connectivity index (χ2n) is 5.17. The summed E-state index contributed by atoms with van der Waals surface area (Å²) in [5.74, 6) is -1.10. The molecule has 6 nitrogen and oxygen atoms in total. The van der Waals surface area contributed by atoms with Gasteiger partial charge in [0.05, 0.1) is 25.7 Å². The zero-order valence-electron chi connectivity index (χ0n) is 13.3. The van der Waals surface area contributed by atoms with E-state index in [0.717, 1.165) is 0 Å². The van der Waals surface area contributed by atoms with Crippen molar-refractivity contribution in [1.82, 2.24) is 0 Å². The van der Waals surface area contributed by atoms with E-state index >= 15 is 0 Å². The summed E-state index contributed by atoms with van der Waals surface area (Å²) in [6.07, 6.45) is 0. The predicted molar refractivity (Wildman–Crippen MR) is 79.5 cm³/mol. The molecule has 2 heterocycles. The number of esters is 2. The second kappa shape index (κ2) is 6.17. The Labute approximate surface area is 128 Å². The molecule has 1 aromatic heterocycles. The molecule has 1 unspecified atom stereocenters. The highest BCUT2D eigenvalue weighted by Gasteiger charge is 2.43. The number of methoxy groups -OCH3 is 2. The highest BCUT2D eigenvalue weighted by Crippen LogP contribution is 2.40. The number of carbonyl (C=O) groups is 2. The molecule has 0 radical (unpaired) electrons. The van der Waals surface area contributed by atoms with Crippen molar-refractivity contribution in [3.63, 3.8) is 0 Å². The van der Waals surface area contributed by atoms with Crippen LogP contribution in [0.5, 0.6) is 0 Å². The number of ether oxygens (including phenoxy) is 2. The minimum absolute atomic E-state index is 0.317. The van der Waals surface area contributed by atoms with E-state index in [9.17, 15) is 9.59 Å². The number of nitrogens with zero attached hydrogens (tertiary/aromatic N) is 1. The van der Waals surface area contributed by atoms with Crippen LogP contribution in [0, 0.1) is 12.8 Å². The highest BCUT2D eigenvalue weighted by atomic mass is 16.5. The molecule has 6 heteroatoms. The first-order valence-corrected chi connectivity index (χ1v) is 6.89. The van der Waals surface area contributed by atoms with E-state index in [1.165, 1.54) is 14.2 Å². The van der Waals surface area contributed by atoms with E-state index in [2.05, 4.69) is 4.99 Å². The molecular weight excluding hydrogens is 286 g/mol. The third-order valence-corrected chi connectivity index (χ3v) is 3.76. The van der Waals surface area contributed by atoms with Gasteiger partial charge in [0.2, 0.25) is 0 Å². The van der Waals surface area contributed by atoms with Crippen molar-refractivity contribution in [3.05, 3.63) is 34.9 Å². The predicted octanol–water partition coefficient (Wildman–Crippen LogP) is 2.38. The van der Waals surface area contributed by atoms with Crippen LogP contribution in [0.3, 0.4) is 0 Å². The van der Waals surface area contributed by atoms with Gasteiger partial charge >= 0.3 is 11.9 Å². The van der Waals surface area contributed by atoms with Crippen LogP contribution in [0.2, 0.25) is 0 Å². The molecule has 0 bridgehead atoms. The van der Waals surface area contributed by atoms with Gasteiger partial charge < -0.3 is 13.9 Å². The standard InChI is InChI=1S/C16H19NO5/c1-8-6-7-11(22-8)14-12(15(18)20-4)9(2)17-10(3)13(14)16(19)21-5/h6-7,12,14H,1-5H3/t12?,14-/m0/s1. The van der Waals surface area contributed by atoms with Gasteiger partial charge in [0.25, 0.3) is 0 Å². The third-order valence-electron chi connectivity index (χ3n) is 3.76. The van der Waals surface area contributed by atoms with E-state index in [1.54, 1.807) is 32.9 Å². The highest BCUT2D eigenvalue weighted by molar-refractivity contribution is 6.06. The normalized spacial score (nSPS) is 21.4. The number of furan rings is 1. The smallest absolute Gasteiger partial charge is 0.336 e. The summed E-state index contributed by atoms with van der Waals surface area (Å²) in [4.78, 5) is 28.7. The number of carbonyl (C=O) groups excluding carboxylic acids is 2. The van der Waals surface area contributed by atoms with Gasteiger partial charge in [0, 0.05) is 11.4 Å². The number of rotatable bonds is 3. The average Bonchev–Trinajstić information content (AvgIpc) is 2.91. The summed E-state index contributed by atoms with van der Waals surface area (Å²) in [5, 5.41) is 0. The molecule has 0 fully saturated rings. The maximum atomic E-state index is 12.2. The van der Waals surface area contributed by atoms with Crippen LogP contribution in [-0.2, 0) is 19.1 Å². The average molecular weight is 305 g/mol. The molecule has 2 rings (SSSR count). The topological polar surface area (TPSA) is 78.1 Å². The second-order valence-corrected chi connectivity index (χ2v) is 5.17. The van der Waals surface area contributed by atoms with Gasteiger partial charge in [-0.25, -0.2) is 4.79 Å². The van der Waals surface area contributed by atoms with Crippen molar-refractivity contribution in [1.29, 1.82) is 0 Å². The van der Waals surface area contributed by atoms with Gasteiger partial charge in [-0.05, 0) is 32.9 Å². The molecule has 1 aromatic rings. The van der Waals surface area contributed by atoms with E-state index < -0.39 is 23.8 Å². The summed E-state index contributed by atoms with van der Waals surface area (Å²) in [7, 11) is 2.61. The van der Waals surface area contributed by atoms with Crippen LogP contribution in [0.15, 0.2) is 32.8 Å². The third kappa shape index (κ3) is 2.68. The monoisotopic (exact) mass is 305 g/mol. The van der Waals surface area contributed by atoms with Crippen LogP contribution in [0.4, 0.5) is 0 Å². The molecule has 0 saturated heterocycles. The first-order valence-electron chi connectivity index (χ1n) is 6.89. The summed E-state index contributed by atoms with van der Waals surface area (Å²) in [6.45, 7) is 5.25. The molecule has 0 aliphatic carbocycles. The van der Waals surface area contributed by atoms with Gasteiger partial charge in [0.1, 0.15) is 17.4 Å². The van der Waals surface area contributed by atoms with Gasteiger partial charge in [0.15, 0.2) is 0 Å². The van der Waals surface area contributed by atoms with Crippen LogP contribution in [0.1, 0.15) is 31.3 Å². The van der Waals surface area contributed by atoms with E-state index in [1.807, 2.05) is 0 Å². The van der Waals surface area contributed by atoms with Crippen molar-refractivity contribution >= 4 is 17.7 Å². The lowest BCUT2D eigenvalue weighted by Crippen LogP contribution is -2.35. The Hall–Kier alpha value is -2.37. The largest absolute Gasteiger partial charge is 0.468 e. The van der Waals surface area contributed by atoms with Crippen molar-refractivity contribution < 1.29 is 23.5 Å². The minimum Gasteiger partial charge on any atom is -0.468 e. The zero-order valence-corrected chi connectivity index (χ0v) is 13.3. The van der Waals surface area contributed by atoms with Crippen molar-refractivity contribution in [2.45, 2.75) is 26.7 Å². The SMILES string of the molecule is COC(=O)C1=C(C)N=C(C)C(C(=O)OC)[C@@H]1c1ccc(C)o1. The first-order chi connectivity index (χ1) is 10.4. The van der Waals surface area contributed by atoms with E-state index in [0.29, 0.717) is 28.5 Å². The molecule has 0 saturated carbocycles. The lowest BCUT2D eigenvalue weighted by atomic mass is 9.78. The Morgan fingerprint density at radius 1 is 1.14 bits per heavy atom. The van der Waals surface area contributed by atoms with Gasteiger partial charge in [-0.2, -0.15) is 0 Å². The fourth-order valence-electron chi connectivity index (χ4n) is 2.77. The lowest BCUT2D eigenvalue weighted by molar-refractivity contribution is -0.144.